The van der Waals surface area contributed by atoms with Crippen LogP contribution in [0.1, 0.15) is 36.5 Å². The Balaban J connectivity index is 1.99. The molecule has 2 heterocycles. The molecule has 0 aliphatic rings. The van der Waals surface area contributed by atoms with E-state index in [0.29, 0.717) is 11.4 Å². The van der Waals surface area contributed by atoms with Gasteiger partial charge in [-0.2, -0.15) is 0 Å². The van der Waals surface area contributed by atoms with Gasteiger partial charge >= 0.3 is 0 Å². The molecule has 0 fully saturated rings. The summed E-state index contributed by atoms with van der Waals surface area (Å²) in [7, 11) is 0. The second-order valence-electron chi connectivity index (χ2n) is 4.26. The number of hydrogen-bond donors (Lipinski definition) is 1. The molecule has 0 aromatic carbocycles. The molecule has 0 aliphatic heterocycles. The Morgan fingerprint density at radius 2 is 2.26 bits per heavy atom. The highest BCUT2D eigenvalue weighted by Crippen LogP contribution is 2.13. The highest BCUT2D eigenvalue weighted by Gasteiger charge is 2.16. The standard InChI is InChI=1S/C13H16N4O2/c1-3-10(11-6-4-5-7-14-11)15-13(18)8-12-9(2)16-19-17-12/h4-7,10H,3,8H2,1-2H3,(H,15,18). The maximum absolute atomic E-state index is 12.0. The Bertz CT molecular complexity index is 539. The van der Waals surface area contributed by atoms with Gasteiger partial charge in [-0.15, -0.1) is 0 Å². The predicted octanol–water partition coefficient (Wildman–Crippen LogP) is 1.58. The molecule has 0 bridgehead atoms. The lowest BCUT2D eigenvalue weighted by Gasteiger charge is -2.15. The number of amides is 1. The van der Waals surface area contributed by atoms with Crippen LogP contribution >= 0.6 is 0 Å². The number of pyridine rings is 1. The maximum atomic E-state index is 12.0. The third-order valence-corrected chi connectivity index (χ3v) is 2.86. The Hall–Kier alpha value is -2.24. The molecule has 1 amide bonds. The minimum absolute atomic E-state index is 0.0890. The van der Waals surface area contributed by atoms with Gasteiger partial charge in [0.2, 0.25) is 5.91 Å². The number of aromatic nitrogens is 3. The minimum atomic E-state index is -0.115. The quantitative estimate of drug-likeness (QED) is 0.882. The van der Waals surface area contributed by atoms with Crippen LogP contribution in [0.4, 0.5) is 0 Å². The number of rotatable bonds is 5. The van der Waals surface area contributed by atoms with Gasteiger partial charge in [0, 0.05) is 6.20 Å². The average Bonchev–Trinajstić information content (AvgIpc) is 2.82. The van der Waals surface area contributed by atoms with Crippen LogP contribution in [0.15, 0.2) is 29.0 Å². The fraction of sp³-hybridized carbons (Fsp3) is 0.385. The summed E-state index contributed by atoms with van der Waals surface area (Å²) in [4.78, 5) is 16.2. The SMILES string of the molecule is CCC(NC(=O)Cc1nonc1C)c1ccccn1. The van der Waals surface area contributed by atoms with Crippen molar-refractivity contribution in [1.82, 2.24) is 20.6 Å². The summed E-state index contributed by atoms with van der Waals surface area (Å²) < 4.78 is 4.57. The molecule has 2 rings (SSSR count). The van der Waals surface area contributed by atoms with Gasteiger partial charge in [0.1, 0.15) is 11.4 Å². The van der Waals surface area contributed by atoms with Crippen molar-refractivity contribution < 1.29 is 9.42 Å². The second-order valence-corrected chi connectivity index (χ2v) is 4.26. The van der Waals surface area contributed by atoms with E-state index >= 15 is 0 Å². The summed E-state index contributed by atoms with van der Waals surface area (Å²) in [5.41, 5.74) is 2.06. The Kier molecular flexibility index (Phi) is 4.22. The van der Waals surface area contributed by atoms with Gasteiger partial charge in [0.25, 0.3) is 0 Å². The predicted molar refractivity (Wildman–Crippen MR) is 68.2 cm³/mol. The lowest BCUT2D eigenvalue weighted by molar-refractivity contribution is -0.121. The number of nitrogens with zero attached hydrogens (tertiary/aromatic N) is 3. The number of hydrogen-bond acceptors (Lipinski definition) is 5. The summed E-state index contributed by atoms with van der Waals surface area (Å²) in [6, 6.07) is 5.57. The lowest BCUT2D eigenvalue weighted by atomic mass is 10.1. The van der Waals surface area contributed by atoms with E-state index in [2.05, 4.69) is 25.2 Å². The van der Waals surface area contributed by atoms with Gasteiger partial charge in [-0.1, -0.05) is 23.3 Å². The molecule has 6 heteroatoms. The fourth-order valence-corrected chi connectivity index (χ4v) is 1.77. The van der Waals surface area contributed by atoms with Gasteiger partial charge in [-0.25, -0.2) is 4.63 Å². The number of aryl methyl sites for hydroxylation is 1. The highest BCUT2D eigenvalue weighted by molar-refractivity contribution is 5.78. The van der Waals surface area contributed by atoms with Crippen molar-refractivity contribution in [2.75, 3.05) is 0 Å². The molecule has 2 aromatic heterocycles. The van der Waals surface area contributed by atoms with E-state index in [9.17, 15) is 4.79 Å². The fourth-order valence-electron chi connectivity index (χ4n) is 1.77. The van der Waals surface area contributed by atoms with Crippen molar-refractivity contribution >= 4 is 5.91 Å². The van der Waals surface area contributed by atoms with Gasteiger partial charge in [0.05, 0.1) is 18.2 Å². The summed E-state index contributed by atoms with van der Waals surface area (Å²) in [5.74, 6) is -0.115. The van der Waals surface area contributed by atoms with Crippen LogP contribution in [0.2, 0.25) is 0 Å². The molecule has 1 N–H and O–H groups in total. The Morgan fingerprint density at radius 3 is 2.84 bits per heavy atom. The van der Waals surface area contributed by atoms with E-state index in [-0.39, 0.29) is 18.4 Å². The normalized spacial score (nSPS) is 12.1. The molecule has 2 aromatic rings. The van der Waals surface area contributed by atoms with Gasteiger partial charge in [-0.3, -0.25) is 9.78 Å². The van der Waals surface area contributed by atoms with E-state index in [1.165, 1.54) is 0 Å². The maximum Gasteiger partial charge on any atom is 0.226 e. The first-order valence-electron chi connectivity index (χ1n) is 6.19. The van der Waals surface area contributed by atoms with Crippen molar-refractivity contribution in [2.45, 2.75) is 32.7 Å². The Labute approximate surface area is 111 Å². The van der Waals surface area contributed by atoms with E-state index in [0.717, 1.165) is 12.1 Å². The first kappa shape index (κ1) is 13.2. The zero-order chi connectivity index (χ0) is 13.7. The number of carbonyl (C=O) groups is 1. The van der Waals surface area contributed by atoms with Crippen molar-refractivity contribution in [3.05, 3.63) is 41.5 Å². The molecule has 0 saturated heterocycles. The van der Waals surface area contributed by atoms with Crippen molar-refractivity contribution in [2.24, 2.45) is 0 Å². The minimum Gasteiger partial charge on any atom is -0.347 e. The molecule has 0 radical (unpaired) electrons. The monoisotopic (exact) mass is 260 g/mol. The summed E-state index contributed by atoms with van der Waals surface area (Å²) in [6.07, 6.45) is 2.66. The zero-order valence-electron chi connectivity index (χ0n) is 11.0. The number of nitrogens with one attached hydrogen (secondary N) is 1. The van der Waals surface area contributed by atoms with Gasteiger partial charge < -0.3 is 5.32 Å². The van der Waals surface area contributed by atoms with Crippen LogP contribution < -0.4 is 5.32 Å². The van der Waals surface area contributed by atoms with Crippen molar-refractivity contribution in [3.63, 3.8) is 0 Å². The topological polar surface area (TPSA) is 80.9 Å². The van der Waals surface area contributed by atoms with Crippen LogP contribution in [-0.4, -0.2) is 21.2 Å². The van der Waals surface area contributed by atoms with E-state index in [4.69, 9.17) is 0 Å². The summed E-state index contributed by atoms with van der Waals surface area (Å²) in [5, 5.41) is 10.3. The van der Waals surface area contributed by atoms with E-state index in [1.54, 1.807) is 13.1 Å². The molecular formula is C13H16N4O2. The third-order valence-electron chi connectivity index (χ3n) is 2.86. The third kappa shape index (κ3) is 3.37. The van der Waals surface area contributed by atoms with E-state index < -0.39 is 0 Å². The molecule has 6 nitrogen and oxygen atoms in total. The Morgan fingerprint density at radius 1 is 1.42 bits per heavy atom. The molecule has 100 valence electrons. The molecular weight excluding hydrogens is 244 g/mol. The van der Waals surface area contributed by atoms with Crippen LogP contribution in [-0.2, 0) is 11.2 Å². The van der Waals surface area contributed by atoms with Crippen LogP contribution in [0.3, 0.4) is 0 Å². The summed E-state index contributed by atoms with van der Waals surface area (Å²) >= 11 is 0. The molecule has 0 aliphatic carbocycles. The number of carbonyl (C=O) groups excluding carboxylic acids is 1. The lowest BCUT2D eigenvalue weighted by Crippen LogP contribution is -2.30. The second kappa shape index (κ2) is 6.08. The first-order chi connectivity index (χ1) is 9.20. The van der Waals surface area contributed by atoms with Gasteiger partial charge in [-0.05, 0) is 25.5 Å². The molecule has 0 saturated carbocycles. The average molecular weight is 260 g/mol. The molecule has 0 spiro atoms. The van der Waals surface area contributed by atoms with Crippen molar-refractivity contribution in [3.8, 4) is 0 Å². The van der Waals surface area contributed by atoms with Gasteiger partial charge in [0.15, 0.2) is 0 Å². The van der Waals surface area contributed by atoms with E-state index in [1.807, 2.05) is 25.1 Å². The zero-order valence-corrected chi connectivity index (χ0v) is 11.0. The molecule has 1 unspecified atom stereocenters. The van der Waals surface area contributed by atoms with Crippen LogP contribution in [0, 0.1) is 6.92 Å². The summed E-state index contributed by atoms with van der Waals surface area (Å²) in [6.45, 7) is 3.76. The smallest absolute Gasteiger partial charge is 0.226 e. The van der Waals surface area contributed by atoms with Crippen LogP contribution in [0.25, 0.3) is 0 Å². The molecule has 19 heavy (non-hydrogen) atoms. The first-order valence-corrected chi connectivity index (χ1v) is 6.19. The van der Waals surface area contributed by atoms with Crippen molar-refractivity contribution in [1.29, 1.82) is 0 Å². The van der Waals surface area contributed by atoms with Crippen LogP contribution in [0.5, 0.6) is 0 Å². The molecule has 1 atom stereocenters. The highest BCUT2D eigenvalue weighted by atomic mass is 16.6. The largest absolute Gasteiger partial charge is 0.347 e.